The minimum atomic E-state index is -1.05. The molecule has 0 aromatic heterocycles. The van der Waals surface area contributed by atoms with E-state index in [0.717, 1.165) is 16.9 Å². The average Bonchev–Trinajstić information content (AvgIpc) is 2.54. The van der Waals surface area contributed by atoms with E-state index in [1.807, 2.05) is 56.3 Å². The fourth-order valence-corrected chi connectivity index (χ4v) is 3.71. The largest absolute Gasteiger partial charge is 0.393 e. The molecule has 0 radical (unpaired) electrons. The predicted octanol–water partition coefficient (Wildman–Crippen LogP) is 3.73. The fraction of sp³-hybridized carbons (Fsp3) is 0.368. The Morgan fingerprint density at radius 1 is 1.05 bits per heavy atom. The van der Waals surface area contributed by atoms with Crippen LogP contribution in [-0.2, 0) is 17.2 Å². The van der Waals surface area contributed by atoms with Crippen molar-refractivity contribution in [2.24, 2.45) is 5.92 Å². The summed E-state index contributed by atoms with van der Waals surface area (Å²) in [5, 5.41) is 10.3. The zero-order valence-corrected chi connectivity index (χ0v) is 14.1. The molecule has 0 saturated carbocycles. The summed E-state index contributed by atoms with van der Waals surface area (Å²) in [6, 6.07) is 17.9. The Morgan fingerprint density at radius 2 is 1.68 bits per heavy atom. The number of hydrogen-bond donors (Lipinski definition) is 1. The zero-order valence-electron chi connectivity index (χ0n) is 13.2. The van der Waals surface area contributed by atoms with Gasteiger partial charge in [0.05, 0.1) is 16.9 Å². The van der Waals surface area contributed by atoms with E-state index in [1.165, 1.54) is 5.56 Å². The first-order chi connectivity index (χ1) is 10.6. The molecular weight excluding hydrogens is 292 g/mol. The highest BCUT2D eigenvalue weighted by Crippen LogP contribution is 2.16. The van der Waals surface area contributed by atoms with Gasteiger partial charge in [0.2, 0.25) is 0 Å². The summed E-state index contributed by atoms with van der Waals surface area (Å²) in [5.74, 6) is 0.518. The molecule has 118 valence electrons. The molecular formula is C19H24O2S. The lowest BCUT2D eigenvalue weighted by Gasteiger charge is -2.18. The van der Waals surface area contributed by atoms with Crippen molar-refractivity contribution in [1.82, 2.24) is 0 Å². The van der Waals surface area contributed by atoms with E-state index in [-0.39, 0.29) is 5.92 Å². The summed E-state index contributed by atoms with van der Waals surface area (Å²) in [6.07, 6.45) is 1.13. The molecule has 0 bridgehead atoms. The van der Waals surface area contributed by atoms with Crippen LogP contribution in [0.15, 0.2) is 59.5 Å². The smallest absolute Gasteiger partial charge is 0.0577 e. The maximum Gasteiger partial charge on any atom is 0.0577 e. The Morgan fingerprint density at radius 3 is 2.32 bits per heavy atom. The topological polar surface area (TPSA) is 37.3 Å². The highest BCUT2D eigenvalue weighted by Gasteiger charge is 2.18. The van der Waals surface area contributed by atoms with Gasteiger partial charge in [-0.05, 0) is 43.4 Å². The van der Waals surface area contributed by atoms with Gasteiger partial charge in [0, 0.05) is 10.6 Å². The molecule has 3 heteroatoms. The molecule has 2 rings (SSSR count). The van der Waals surface area contributed by atoms with Crippen LogP contribution in [0.4, 0.5) is 0 Å². The van der Waals surface area contributed by atoms with Gasteiger partial charge >= 0.3 is 0 Å². The minimum Gasteiger partial charge on any atom is -0.393 e. The zero-order chi connectivity index (χ0) is 15.9. The van der Waals surface area contributed by atoms with Crippen molar-refractivity contribution >= 4 is 10.8 Å². The molecule has 2 aromatic carbocycles. The second-order valence-electron chi connectivity index (χ2n) is 5.89. The molecule has 1 N–H and O–H groups in total. The molecule has 0 amide bonds. The Hall–Kier alpha value is -1.45. The summed E-state index contributed by atoms with van der Waals surface area (Å²) >= 11 is 0. The summed E-state index contributed by atoms with van der Waals surface area (Å²) in [5.41, 5.74) is 2.39. The van der Waals surface area contributed by atoms with Crippen LogP contribution >= 0.6 is 0 Å². The highest BCUT2D eigenvalue weighted by atomic mass is 32.2. The monoisotopic (exact) mass is 316 g/mol. The van der Waals surface area contributed by atoms with E-state index in [1.54, 1.807) is 0 Å². The number of aliphatic hydroxyl groups is 1. The molecule has 2 aromatic rings. The van der Waals surface area contributed by atoms with Gasteiger partial charge in [0.15, 0.2) is 0 Å². The molecule has 0 aliphatic carbocycles. The van der Waals surface area contributed by atoms with Crippen molar-refractivity contribution in [3.63, 3.8) is 0 Å². The number of hydrogen-bond acceptors (Lipinski definition) is 2. The number of aryl methyl sites for hydroxylation is 2. The molecule has 0 saturated heterocycles. The fourth-order valence-electron chi connectivity index (χ4n) is 2.38. The number of aliphatic hydroxyl groups excluding tert-OH is 1. The lowest BCUT2D eigenvalue weighted by atomic mass is 9.99. The summed E-state index contributed by atoms with van der Waals surface area (Å²) in [6.45, 7) is 3.99. The number of benzene rings is 2. The van der Waals surface area contributed by atoms with Crippen molar-refractivity contribution in [2.75, 3.05) is 5.75 Å². The van der Waals surface area contributed by atoms with Crippen LogP contribution in [0.5, 0.6) is 0 Å². The van der Waals surface area contributed by atoms with E-state index in [9.17, 15) is 9.32 Å². The van der Waals surface area contributed by atoms with Gasteiger partial charge < -0.3 is 5.11 Å². The Bertz CT molecular complexity index is 593. The van der Waals surface area contributed by atoms with Crippen LogP contribution in [0, 0.1) is 12.8 Å². The lowest BCUT2D eigenvalue weighted by molar-refractivity contribution is 0.118. The first kappa shape index (κ1) is 16.9. The van der Waals surface area contributed by atoms with Gasteiger partial charge in [-0.15, -0.1) is 0 Å². The maximum absolute atomic E-state index is 12.3. The van der Waals surface area contributed by atoms with E-state index in [2.05, 4.69) is 12.1 Å². The van der Waals surface area contributed by atoms with Crippen LogP contribution in [0.1, 0.15) is 24.5 Å². The van der Waals surface area contributed by atoms with Crippen LogP contribution in [0.25, 0.3) is 0 Å². The molecule has 0 aliphatic rings. The standard InChI is InChI=1S/C19H24O2S/c1-15-8-11-18(12-9-15)22(21)14-16(2)19(20)13-10-17-6-4-3-5-7-17/h3-9,11-12,16,19-20H,10,13-14H2,1-2H3/t16-,19+,22?/m1/s1. The second kappa shape index (κ2) is 8.25. The van der Waals surface area contributed by atoms with Gasteiger partial charge in [-0.25, -0.2) is 0 Å². The van der Waals surface area contributed by atoms with E-state index in [0.29, 0.717) is 12.2 Å². The van der Waals surface area contributed by atoms with Crippen molar-refractivity contribution in [3.8, 4) is 0 Å². The van der Waals surface area contributed by atoms with Crippen LogP contribution in [-0.4, -0.2) is 21.2 Å². The van der Waals surface area contributed by atoms with Crippen molar-refractivity contribution in [3.05, 3.63) is 65.7 Å². The highest BCUT2D eigenvalue weighted by molar-refractivity contribution is 7.85. The third-order valence-corrected chi connectivity index (χ3v) is 5.55. The first-order valence-electron chi connectivity index (χ1n) is 7.73. The quantitative estimate of drug-likeness (QED) is 0.845. The average molecular weight is 316 g/mol. The molecule has 0 heterocycles. The lowest BCUT2D eigenvalue weighted by Crippen LogP contribution is -2.23. The van der Waals surface area contributed by atoms with Crippen molar-refractivity contribution < 1.29 is 9.32 Å². The van der Waals surface area contributed by atoms with Crippen molar-refractivity contribution in [1.29, 1.82) is 0 Å². The Kier molecular flexibility index (Phi) is 6.34. The van der Waals surface area contributed by atoms with E-state index < -0.39 is 16.9 Å². The third-order valence-electron chi connectivity index (χ3n) is 3.93. The maximum atomic E-state index is 12.3. The second-order valence-corrected chi connectivity index (χ2v) is 7.39. The molecule has 1 unspecified atom stereocenters. The molecule has 0 spiro atoms. The molecule has 0 fully saturated rings. The van der Waals surface area contributed by atoms with Gasteiger partial charge in [-0.2, -0.15) is 0 Å². The van der Waals surface area contributed by atoms with Crippen molar-refractivity contribution in [2.45, 2.75) is 37.7 Å². The normalized spacial score (nSPS) is 15.2. The van der Waals surface area contributed by atoms with Gasteiger partial charge in [-0.1, -0.05) is 55.0 Å². The predicted molar refractivity (Wildman–Crippen MR) is 92.4 cm³/mol. The Balaban J connectivity index is 1.84. The number of rotatable bonds is 7. The Labute approximate surface area is 135 Å². The molecule has 22 heavy (non-hydrogen) atoms. The van der Waals surface area contributed by atoms with Gasteiger partial charge in [0.25, 0.3) is 0 Å². The third kappa shape index (κ3) is 5.08. The van der Waals surface area contributed by atoms with Crippen LogP contribution in [0.2, 0.25) is 0 Å². The van der Waals surface area contributed by atoms with Gasteiger partial charge in [-0.3, -0.25) is 4.21 Å². The van der Waals surface area contributed by atoms with Crippen LogP contribution < -0.4 is 0 Å². The molecule has 3 atom stereocenters. The van der Waals surface area contributed by atoms with E-state index in [4.69, 9.17) is 0 Å². The van der Waals surface area contributed by atoms with E-state index >= 15 is 0 Å². The van der Waals surface area contributed by atoms with Gasteiger partial charge in [0.1, 0.15) is 0 Å². The molecule has 0 aliphatic heterocycles. The SMILES string of the molecule is Cc1ccc(S(=O)C[C@@H](C)[C@@H](O)CCc2ccccc2)cc1. The minimum absolute atomic E-state index is 0.0193. The summed E-state index contributed by atoms with van der Waals surface area (Å²) in [7, 11) is -1.05. The molecule has 2 nitrogen and oxygen atoms in total. The summed E-state index contributed by atoms with van der Waals surface area (Å²) in [4.78, 5) is 0.840. The summed E-state index contributed by atoms with van der Waals surface area (Å²) < 4.78 is 12.3. The van der Waals surface area contributed by atoms with Crippen LogP contribution in [0.3, 0.4) is 0 Å². The first-order valence-corrected chi connectivity index (χ1v) is 9.05.